The Morgan fingerprint density at radius 2 is 1.88 bits per heavy atom. The zero-order valence-electron chi connectivity index (χ0n) is 17.5. The predicted molar refractivity (Wildman–Crippen MR) is 130 cm³/mol. The number of benzene rings is 2. The number of allylic oxidation sites excluding steroid dienone is 1. The molecule has 1 aromatic heterocycles. The van der Waals surface area contributed by atoms with E-state index in [4.69, 9.17) is 39.5 Å². The minimum absolute atomic E-state index is 0.0684. The van der Waals surface area contributed by atoms with E-state index in [1.807, 2.05) is 0 Å². The van der Waals surface area contributed by atoms with Crippen LogP contribution in [0.5, 0.6) is 0 Å². The number of ether oxygens (including phenoxy) is 1. The predicted octanol–water partition coefficient (Wildman–Crippen LogP) is 4.28. The number of halogens is 3. The molecule has 1 unspecified atom stereocenters. The van der Waals surface area contributed by atoms with E-state index in [1.54, 1.807) is 31.2 Å². The van der Waals surface area contributed by atoms with Crippen LogP contribution in [0, 0.1) is 10.1 Å². The van der Waals surface area contributed by atoms with Gasteiger partial charge in [0, 0.05) is 6.07 Å². The molecular formula is C22H14Cl3N3O5S. The van der Waals surface area contributed by atoms with Gasteiger partial charge in [-0.2, -0.15) is 0 Å². The molecule has 1 atom stereocenters. The first-order chi connectivity index (χ1) is 16.1. The van der Waals surface area contributed by atoms with Crippen LogP contribution in [-0.2, 0) is 9.53 Å². The van der Waals surface area contributed by atoms with E-state index in [0.29, 0.717) is 36.2 Å². The Morgan fingerprint density at radius 1 is 1.18 bits per heavy atom. The van der Waals surface area contributed by atoms with Gasteiger partial charge in [0.25, 0.3) is 11.2 Å². The largest absolute Gasteiger partial charge is 0.466 e. The molecule has 0 bridgehead atoms. The molecule has 4 rings (SSSR count). The number of hydrogen-bond acceptors (Lipinski definition) is 7. The molecule has 0 N–H and O–H groups in total. The SMILES string of the molecule is COC(=O)C1=C(C)N=c2sc(=Cc3ccc(Cl)c(Cl)c3)c(=O)n2C1c1ccc(Cl)c([N+](=O)[O-])c1. The third-order valence-corrected chi connectivity index (χ3v) is 7.19. The summed E-state index contributed by atoms with van der Waals surface area (Å²) in [4.78, 5) is 41.8. The summed E-state index contributed by atoms with van der Waals surface area (Å²) >= 11 is 19.2. The maximum absolute atomic E-state index is 13.5. The number of carbonyl (C=O) groups is 1. The van der Waals surface area contributed by atoms with Crippen LogP contribution in [0.1, 0.15) is 24.1 Å². The second-order valence-corrected chi connectivity index (χ2v) is 9.45. The van der Waals surface area contributed by atoms with Gasteiger partial charge < -0.3 is 4.74 Å². The van der Waals surface area contributed by atoms with Crippen molar-refractivity contribution in [2.24, 2.45) is 4.99 Å². The zero-order chi connectivity index (χ0) is 24.7. The van der Waals surface area contributed by atoms with Gasteiger partial charge in [-0.05, 0) is 42.3 Å². The highest BCUT2D eigenvalue weighted by Gasteiger charge is 2.34. The second kappa shape index (κ2) is 9.34. The Balaban J connectivity index is 2.00. The molecule has 0 saturated carbocycles. The van der Waals surface area contributed by atoms with Crippen LogP contribution in [0.15, 0.2) is 57.5 Å². The fourth-order valence-electron chi connectivity index (χ4n) is 3.60. The van der Waals surface area contributed by atoms with E-state index in [9.17, 15) is 19.7 Å². The smallest absolute Gasteiger partial charge is 0.338 e. The van der Waals surface area contributed by atoms with Gasteiger partial charge >= 0.3 is 5.97 Å². The summed E-state index contributed by atoms with van der Waals surface area (Å²) in [6.07, 6.45) is 1.63. The van der Waals surface area contributed by atoms with Gasteiger partial charge in [-0.1, -0.05) is 58.3 Å². The number of nitro groups is 1. The van der Waals surface area contributed by atoms with E-state index in [-0.39, 0.29) is 16.3 Å². The molecule has 0 radical (unpaired) electrons. The Morgan fingerprint density at radius 3 is 2.53 bits per heavy atom. The van der Waals surface area contributed by atoms with Crippen LogP contribution in [-0.4, -0.2) is 22.6 Å². The average molecular weight is 539 g/mol. The van der Waals surface area contributed by atoms with E-state index in [1.165, 1.54) is 29.9 Å². The molecule has 1 aliphatic rings. The van der Waals surface area contributed by atoms with Crippen LogP contribution in [0.2, 0.25) is 15.1 Å². The first kappa shape index (κ1) is 24.2. The van der Waals surface area contributed by atoms with Gasteiger partial charge in [0.1, 0.15) is 5.02 Å². The Hall–Kier alpha value is -2.98. The highest BCUT2D eigenvalue weighted by atomic mass is 35.5. The number of esters is 1. The maximum Gasteiger partial charge on any atom is 0.338 e. The van der Waals surface area contributed by atoms with Gasteiger partial charge in [0.2, 0.25) is 0 Å². The fourth-order valence-corrected chi connectivity index (χ4v) is 5.14. The van der Waals surface area contributed by atoms with Gasteiger partial charge in [0.05, 0.1) is 43.9 Å². The molecule has 1 aliphatic heterocycles. The van der Waals surface area contributed by atoms with Crippen molar-refractivity contribution < 1.29 is 14.5 Å². The van der Waals surface area contributed by atoms with Gasteiger partial charge in [-0.15, -0.1) is 0 Å². The van der Waals surface area contributed by atoms with Crippen molar-refractivity contribution >= 4 is 63.9 Å². The first-order valence-corrected chi connectivity index (χ1v) is 11.6. The number of fused-ring (bicyclic) bond motifs is 1. The molecule has 0 amide bonds. The quantitative estimate of drug-likeness (QED) is 0.280. The molecule has 0 fully saturated rings. The Bertz CT molecular complexity index is 1580. The van der Waals surface area contributed by atoms with Crippen LogP contribution in [0.25, 0.3) is 6.08 Å². The highest BCUT2D eigenvalue weighted by molar-refractivity contribution is 7.07. The molecule has 34 heavy (non-hydrogen) atoms. The summed E-state index contributed by atoms with van der Waals surface area (Å²) in [5, 5.41) is 12.1. The molecule has 0 spiro atoms. The minimum Gasteiger partial charge on any atom is -0.466 e. The van der Waals surface area contributed by atoms with Crippen molar-refractivity contribution in [1.29, 1.82) is 0 Å². The number of thiazole rings is 1. The molecule has 2 heterocycles. The molecule has 2 aromatic carbocycles. The number of rotatable bonds is 4. The third kappa shape index (κ3) is 4.27. The molecule has 12 heteroatoms. The Labute approximate surface area is 211 Å². The number of hydrogen-bond donors (Lipinski definition) is 0. The summed E-state index contributed by atoms with van der Waals surface area (Å²) < 4.78 is 6.57. The molecule has 3 aromatic rings. The average Bonchev–Trinajstić information content (AvgIpc) is 3.09. The lowest BCUT2D eigenvalue weighted by atomic mass is 9.95. The Kier molecular flexibility index (Phi) is 6.64. The third-order valence-electron chi connectivity index (χ3n) is 5.15. The topological polar surface area (TPSA) is 104 Å². The summed E-state index contributed by atoms with van der Waals surface area (Å²) in [6.45, 7) is 1.61. The van der Waals surface area contributed by atoms with E-state index >= 15 is 0 Å². The van der Waals surface area contributed by atoms with Crippen molar-refractivity contribution in [3.05, 3.63) is 104 Å². The highest BCUT2D eigenvalue weighted by Crippen LogP contribution is 2.34. The van der Waals surface area contributed by atoms with Crippen LogP contribution >= 0.6 is 46.1 Å². The number of nitrogens with zero attached hydrogens (tertiary/aromatic N) is 3. The van der Waals surface area contributed by atoms with Crippen molar-refractivity contribution in [2.45, 2.75) is 13.0 Å². The number of methoxy groups -OCH3 is 1. The summed E-state index contributed by atoms with van der Waals surface area (Å²) in [5.41, 5.74) is 0.585. The molecule has 8 nitrogen and oxygen atoms in total. The van der Waals surface area contributed by atoms with Crippen LogP contribution in [0.3, 0.4) is 0 Å². The van der Waals surface area contributed by atoms with Crippen molar-refractivity contribution in [1.82, 2.24) is 4.57 Å². The van der Waals surface area contributed by atoms with E-state index < -0.39 is 22.5 Å². The van der Waals surface area contributed by atoms with Crippen LogP contribution in [0.4, 0.5) is 5.69 Å². The maximum atomic E-state index is 13.5. The number of nitro benzene ring substituents is 1. The number of carbonyl (C=O) groups excluding carboxylic acids is 1. The second-order valence-electron chi connectivity index (χ2n) is 7.21. The fraction of sp³-hybridized carbons (Fsp3) is 0.136. The molecular weight excluding hydrogens is 525 g/mol. The van der Waals surface area contributed by atoms with Gasteiger partial charge in [-0.3, -0.25) is 19.5 Å². The molecule has 0 aliphatic carbocycles. The molecule has 0 saturated heterocycles. The van der Waals surface area contributed by atoms with Gasteiger partial charge in [-0.25, -0.2) is 9.79 Å². The van der Waals surface area contributed by atoms with Crippen molar-refractivity contribution in [3.8, 4) is 0 Å². The van der Waals surface area contributed by atoms with Gasteiger partial charge in [0.15, 0.2) is 4.80 Å². The lowest BCUT2D eigenvalue weighted by Crippen LogP contribution is -2.39. The van der Waals surface area contributed by atoms with Crippen LogP contribution < -0.4 is 14.9 Å². The normalized spacial score (nSPS) is 15.7. The van der Waals surface area contributed by atoms with E-state index in [2.05, 4.69) is 4.99 Å². The van der Waals surface area contributed by atoms with E-state index in [0.717, 1.165) is 11.3 Å². The lowest BCUT2D eigenvalue weighted by molar-refractivity contribution is -0.384. The minimum atomic E-state index is -1.00. The van der Waals surface area contributed by atoms with Crippen molar-refractivity contribution in [2.75, 3.05) is 7.11 Å². The lowest BCUT2D eigenvalue weighted by Gasteiger charge is -2.24. The zero-order valence-corrected chi connectivity index (χ0v) is 20.6. The number of aromatic nitrogens is 1. The monoisotopic (exact) mass is 537 g/mol. The summed E-state index contributed by atoms with van der Waals surface area (Å²) in [6, 6.07) is 8.05. The summed E-state index contributed by atoms with van der Waals surface area (Å²) in [5.74, 6) is -0.706. The van der Waals surface area contributed by atoms with Crippen molar-refractivity contribution in [3.63, 3.8) is 0 Å². The molecule has 174 valence electrons. The summed E-state index contributed by atoms with van der Waals surface area (Å²) in [7, 11) is 1.21. The standard InChI is InChI=1S/C22H14Cl3N3O5S/c1-10-18(21(30)33-2)19(12-4-6-14(24)16(9-12)28(31)32)27-20(29)17(34-22(27)26-10)8-11-3-5-13(23)15(25)7-11/h3-9,19H,1-2H3. The first-order valence-electron chi connectivity index (χ1n) is 9.62.